The normalized spacial score (nSPS) is 11.1. The summed E-state index contributed by atoms with van der Waals surface area (Å²) < 4.78 is 0. The molecule has 19 heavy (non-hydrogen) atoms. The first-order valence-corrected chi connectivity index (χ1v) is 6.36. The number of aromatic nitrogens is 2. The summed E-state index contributed by atoms with van der Waals surface area (Å²) in [7, 11) is 0. The maximum Gasteiger partial charge on any atom is 0.119 e. The van der Waals surface area contributed by atoms with Crippen LogP contribution in [0.15, 0.2) is 36.4 Å². The van der Waals surface area contributed by atoms with E-state index in [2.05, 4.69) is 35.9 Å². The second-order valence-electron chi connectivity index (χ2n) is 4.94. The van der Waals surface area contributed by atoms with Crippen molar-refractivity contribution in [2.75, 3.05) is 0 Å². The summed E-state index contributed by atoms with van der Waals surface area (Å²) in [6, 6.07) is 11.6. The van der Waals surface area contributed by atoms with Gasteiger partial charge >= 0.3 is 0 Å². The van der Waals surface area contributed by atoms with E-state index in [1.165, 1.54) is 11.1 Å². The van der Waals surface area contributed by atoms with Gasteiger partial charge in [-0.1, -0.05) is 18.2 Å². The number of nitrogens with one attached hydrogen (secondary N) is 1. The molecular formula is C16H16N2O. The van der Waals surface area contributed by atoms with Crippen LogP contribution in [0, 0.1) is 13.8 Å². The van der Waals surface area contributed by atoms with Gasteiger partial charge in [-0.25, -0.2) is 4.98 Å². The van der Waals surface area contributed by atoms with Gasteiger partial charge < -0.3 is 10.1 Å². The van der Waals surface area contributed by atoms with E-state index in [0.717, 1.165) is 22.4 Å². The van der Waals surface area contributed by atoms with E-state index in [1.807, 2.05) is 18.2 Å². The third kappa shape index (κ3) is 2.19. The number of para-hydroxylation sites is 1. The van der Waals surface area contributed by atoms with Gasteiger partial charge in [0.1, 0.15) is 11.6 Å². The van der Waals surface area contributed by atoms with E-state index in [9.17, 15) is 5.11 Å². The number of phenolic OH excluding ortho intramolecular Hbond substituents is 1. The molecule has 0 bridgehead atoms. The largest absolute Gasteiger partial charge is 0.508 e. The van der Waals surface area contributed by atoms with Crippen molar-refractivity contribution in [2.24, 2.45) is 0 Å². The van der Waals surface area contributed by atoms with Gasteiger partial charge in [0, 0.05) is 12.0 Å². The van der Waals surface area contributed by atoms with Crippen LogP contribution < -0.4 is 0 Å². The lowest BCUT2D eigenvalue weighted by atomic mass is 10.1. The number of hydrogen-bond acceptors (Lipinski definition) is 2. The topological polar surface area (TPSA) is 48.9 Å². The lowest BCUT2D eigenvalue weighted by Crippen LogP contribution is -1.90. The summed E-state index contributed by atoms with van der Waals surface area (Å²) in [6.45, 7) is 4.18. The average Bonchev–Trinajstić information content (AvgIpc) is 2.74. The zero-order valence-electron chi connectivity index (χ0n) is 11.1. The second-order valence-corrected chi connectivity index (χ2v) is 4.94. The van der Waals surface area contributed by atoms with Crippen LogP contribution in [-0.4, -0.2) is 15.1 Å². The lowest BCUT2D eigenvalue weighted by Gasteiger charge is -2.00. The van der Waals surface area contributed by atoms with Crippen LogP contribution in [0.5, 0.6) is 5.75 Å². The Labute approximate surface area is 111 Å². The van der Waals surface area contributed by atoms with Crippen molar-refractivity contribution in [2.45, 2.75) is 20.3 Å². The molecule has 3 aromatic rings. The molecule has 0 radical (unpaired) electrons. The van der Waals surface area contributed by atoms with Gasteiger partial charge in [0.15, 0.2) is 0 Å². The van der Waals surface area contributed by atoms with Gasteiger partial charge in [-0.3, -0.25) is 0 Å². The summed E-state index contributed by atoms with van der Waals surface area (Å²) in [4.78, 5) is 7.90. The quantitative estimate of drug-likeness (QED) is 0.733. The van der Waals surface area contributed by atoms with Crippen LogP contribution in [-0.2, 0) is 6.42 Å². The SMILES string of the molecule is Cc1cc2nc(Cc3ccccc3O)[nH]c2cc1C. The maximum atomic E-state index is 9.79. The molecule has 3 heteroatoms. The standard InChI is InChI=1S/C16H16N2O/c1-10-7-13-14(8-11(10)2)18-16(17-13)9-12-5-3-4-6-15(12)19/h3-8,19H,9H2,1-2H3,(H,17,18). The zero-order valence-corrected chi connectivity index (χ0v) is 11.1. The molecule has 3 rings (SSSR count). The predicted molar refractivity (Wildman–Crippen MR) is 76.5 cm³/mol. The molecule has 0 saturated heterocycles. The van der Waals surface area contributed by atoms with E-state index in [-0.39, 0.29) is 0 Å². The predicted octanol–water partition coefficient (Wildman–Crippen LogP) is 3.48. The van der Waals surface area contributed by atoms with E-state index in [0.29, 0.717) is 12.2 Å². The Bertz CT molecular complexity index is 705. The molecule has 0 fully saturated rings. The van der Waals surface area contributed by atoms with Crippen molar-refractivity contribution in [3.63, 3.8) is 0 Å². The Hall–Kier alpha value is -2.29. The molecule has 0 aliphatic carbocycles. The third-order valence-electron chi connectivity index (χ3n) is 3.50. The first-order chi connectivity index (χ1) is 9.13. The Morgan fingerprint density at radius 3 is 2.63 bits per heavy atom. The summed E-state index contributed by atoms with van der Waals surface area (Å²) in [5.74, 6) is 1.19. The minimum Gasteiger partial charge on any atom is -0.508 e. The molecule has 0 aliphatic rings. The van der Waals surface area contributed by atoms with Crippen molar-refractivity contribution in [3.05, 3.63) is 58.9 Å². The van der Waals surface area contributed by atoms with Crippen molar-refractivity contribution in [1.82, 2.24) is 9.97 Å². The van der Waals surface area contributed by atoms with E-state index in [1.54, 1.807) is 6.07 Å². The number of imidazole rings is 1. The summed E-state index contributed by atoms with van der Waals surface area (Å²) in [5.41, 5.74) is 5.41. The van der Waals surface area contributed by atoms with Gasteiger partial charge in [0.25, 0.3) is 0 Å². The molecule has 1 heterocycles. The number of hydrogen-bond donors (Lipinski definition) is 2. The minimum atomic E-state index is 0.315. The van der Waals surface area contributed by atoms with Crippen LogP contribution in [0.4, 0.5) is 0 Å². The molecule has 0 unspecified atom stereocenters. The molecule has 1 aromatic heterocycles. The number of nitrogens with zero attached hydrogens (tertiary/aromatic N) is 1. The molecule has 3 nitrogen and oxygen atoms in total. The van der Waals surface area contributed by atoms with Crippen molar-refractivity contribution in [3.8, 4) is 5.75 Å². The molecule has 2 N–H and O–H groups in total. The number of aryl methyl sites for hydroxylation is 2. The fraction of sp³-hybridized carbons (Fsp3) is 0.188. The molecule has 0 saturated carbocycles. The minimum absolute atomic E-state index is 0.315. The molecule has 2 aromatic carbocycles. The first-order valence-electron chi connectivity index (χ1n) is 6.36. The maximum absolute atomic E-state index is 9.79. The summed E-state index contributed by atoms with van der Waals surface area (Å²) in [6.07, 6.45) is 0.611. The van der Waals surface area contributed by atoms with Gasteiger partial charge in [0.05, 0.1) is 11.0 Å². The molecule has 0 atom stereocenters. The van der Waals surface area contributed by atoms with E-state index >= 15 is 0 Å². The highest BCUT2D eigenvalue weighted by Crippen LogP contribution is 2.21. The van der Waals surface area contributed by atoms with Crippen LogP contribution in [0.2, 0.25) is 0 Å². The number of fused-ring (bicyclic) bond motifs is 1. The highest BCUT2D eigenvalue weighted by molar-refractivity contribution is 5.77. The molecular weight excluding hydrogens is 236 g/mol. The number of benzene rings is 2. The van der Waals surface area contributed by atoms with Crippen molar-refractivity contribution in [1.29, 1.82) is 0 Å². The molecule has 0 amide bonds. The van der Waals surface area contributed by atoms with Gasteiger partial charge in [-0.2, -0.15) is 0 Å². The highest BCUT2D eigenvalue weighted by atomic mass is 16.3. The number of aromatic hydroxyl groups is 1. The lowest BCUT2D eigenvalue weighted by molar-refractivity contribution is 0.469. The Balaban J connectivity index is 2.00. The fourth-order valence-corrected chi connectivity index (χ4v) is 2.25. The monoisotopic (exact) mass is 252 g/mol. The van der Waals surface area contributed by atoms with Gasteiger partial charge in [-0.05, 0) is 43.2 Å². The van der Waals surface area contributed by atoms with Crippen molar-refractivity contribution >= 4 is 11.0 Å². The Morgan fingerprint density at radius 2 is 1.84 bits per heavy atom. The van der Waals surface area contributed by atoms with Crippen LogP contribution >= 0.6 is 0 Å². The second kappa shape index (κ2) is 4.43. The Morgan fingerprint density at radius 1 is 1.11 bits per heavy atom. The van der Waals surface area contributed by atoms with Crippen LogP contribution in [0.25, 0.3) is 11.0 Å². The number of H-pyrrole nitrogens is 1. The number of phenols is 1. The third-order valence-corrected chi connectivity index (χ3v) is 3.50. The number of rotatable bonds is 2. The smallest absolute Gasteiger partial charge is 0.119 e. The average molecular weight is 252 g/mol. The fourth-order valence-electron chi connectivity index (χ4n) is 2.25. The molecule has 0 spiro atoms. The molecule has 96 valence electrons. The first kappa shape index (κ1) is 11.8. The van der Waals surface area contributed by atoms with Crippen molar-refractivity contribution < 1.29 is 5.11 Å². The summed E-state index contributed by atoms with van der Waals surface area (Å²) >= 11 is 0. The zero-order chi connectivity index (χ0) is 13.4. The van der Waals surface area contributed by atoms with Crippen LogP contribution in [0.3, 0.4) is 0 Å². The van der Waals surface area contributed by atoms with Crippen LogP contribution in [0.1, 0.15) is 22.5 Å². The van der Waals surface area contributed by atoms with E-state index < -0.39 is 0 Å². The summed E-state index contributed by atoms with van der Waals surface area (Å²) in [5, 5.41) is 9.79. The number of aromatic amines is 1. The van der Waals surface area contributed by atoms with E-state index in [4.69, 9.17) is 0 Å². The molecule has 0 aliphatic heterocycles. The van der Waals surface area contributed by atoms with Gasteiger partial charge in [-0.15, -0.1) is 0 Å². The Kier molecular flexibility index (Phi) is 2.75. The highest BCUT2D eigenvalue weighted by Gasteiger charge is 2.07. The van der Waals surface area contributed by atoms with Gasteiger partial charge in [0.2, 0.25) is 0 Å².